The molecule has 0 saturated heterocycles. The van der Waals surface area contributed by atoms with Gasteiger partial charge in [0, 0.05) is 18.3 Å². The number of benzene rings is 1. The van der Waals surface area contributed by atoms with Gasteiger partial charge in [-0.05, 0) is 36.6 Å². The van der Waals surface area contributed by atoms with Gasteiger partial charge in [-0.1, -0.05) is 38.3 Å². The van der Waals surface area contributed by atoms with Crippen LogP contribution in [0.2, 0.25) is 0 Å². The summed E-state index contributed by atoms with van der Waals surface area (Å²) in [4.78, 5) is 37.0. The molecule has 184 valence electrons. The number of nitrogens with one attached hydrogen (secondary N) is 3. The Bertz CT molecular complexity index is 1130. The Hall–Kier alpha value is -3.95. The zero-order valence-electron chi connectivity index (χ0n) is 19.4. The van der Waals surface area contributed by atoms with Gasteiger partial charge in [0.15, 0.2) is 17.5 Å². The first-order valence-corrected chi connectivity index (χ1v) is 11.3. The molecule has 0 aliphatic heterocycles. The second-order valence-corrected chi connectivity index (χ2v) is 8.18. The van der Waals surface area contributed by atoms with Crippen LogP contribution in [0.5, 0.6) is 0 Å². The first-order valence-electron chi connectivity index (χ1n) is 11.3. The van der Waals surface area contributed by atoms with Gasteiger partial charge in [0.2, 0.25) is 5.91 Å². The fraction of sp³-hybridized carbons (Fsp3) is 0.320. The quantitative estimate of drug-likeness (QED) is 0.343. The molecule has 2 amide bonds. The molecular formula is C25H28F2N6O2. The number of rotatable bonds is 10. The minimum atomic E-state index is -0.890. The summed E-state index contributed by atoms with van der Waals surface area (Å²) in [6.07, 6.45) is 8.92. The normalized spacial score (nSPS) is 15.4. The lowest BCUT2D eigenvalue weighted by Crippen LogP contribution is -2.45. The lowest BCUT2D eigenvalue weighted by atomic mass is 9.97. The predicted octanol–water partition coefficient (Wildman–Crippen LogP) is 4.41. The van der Waals surface area contributed by atoms with E-state index in [9.17, 15) is 18.4 Å². The Morgan fingerprint density at radius 3 is 2.74 bits per heavy atom. The molecule has 1 aromatic heterocycles. The molecule has 1 heterocycles. The number of allylic oxidation sites excluding steroid dienone is 2. The maximum Gasteiger partial charge on any atom is 0.252 e. The summed E-state index contributed by atoms with van der Waals surface area (Å²) in [5.74, 6) is -2.40. The van der Waals surface area contributed by atoms with E-state index in [1.54, 1.807) is 18.2 Å². The number of carbonyl (C=O) groups is 2. The number of anilines is 2. The van der Waals surface area contributed by atoms with Crippen molar-refractivity contribution in [1.82, 2.24) is 15.3 Å². The summed E-state index contributed by atoms with van der Waals surface area (Å²) in [6.45, 7) is 3.58. The summed E-state index contributed by atoms with van der Waals surface area (Å²) in [6, 6.07) is 5.52. The highest BCUT2D eigenvalue weighted by atomic mass is 19.1. The monoisotopic (exact) mass is 482 g/mol. The molecule has 1 atom stereocenters. The van der Waals surface area contributed by atoms with Gasteiger partial charge in [-0.3, -0.25) is 14.6 Å². The third-order valence-electron chi connectivity index (χ3n) is 5.68. The summed E-state index contributed by atoms with van der Waals surface area (Å²) < 4.78 is 28.1. The van der Waals surface area contributed by atoms with Crippen molar-refractivity contribution in [3.05, 3.63) is 72.3 Å². The van der Waals surface area contributed by atoms with E-state index in [1.165, 1.54) is 19.2 Å². The molecule has 3 rings (SSSR count). The summed E-state index contributed by atoms with van der Waals surface area (Å²) >= 11 is 0. The zero-order valence-corrected chi connectivity index (χ0v) is 19.4. The third kappa shape index (κ3) is 7.26. The Kier molecular flexibility index (Phi) is 9.16. The van der Waals surface area contributed by atoms with Crippen LogP contribution in [0.4, 0.5) is 20.3 Å². The lowest BCUT2D eigenvalue weighted by Gasteiger charge is -2.21. The van der Waals surface area contributed by atoms with Crippen LogP contribution in [0.15, 0.2) is 66.0 Å². The standard InChI is InChI=1S/C25H28F2N6O2/c1-3-21(19(26)13-28-2)31-18-10-6-9-17(12-18)24(34)32-22(11-16-7-4-5-8-16)25(35)33-23-20(27)14-29-15-30-23/h3,6,9-10,12-16,22,31H,1,4-5,7-8,11H2,2H3,(H,32,34)(H,29,30,33,35)/b21-19-,28-13?/t22-/m0/s1. The van der Waals surface area contributed by atoms with E-state index >= 15 is 0 Å². The number of hydrogen-bond donors (Lipinski definition) is 3. The van der Waals surface area contributed by atoms with Gasteiger partial charge < -0.3 is 16.0 Å². The molecule has 0 unspecified atom stereocenters. The molecule has 1 aliphatic rings. The van der Waals surface area contributed by atoms with Crippen LogP contribution in [0.25, 0.3) is 0 Å². The van der Waals surface area contributed by atoms with Crippen molar-refractivity contribution in [1.29, 1.82) is 0 Å². The summed E-state index contributed by atoms with van der Waals surface area (Å²) in [5.41, 5.74) is 0.811. The highest BCUT2D eigenvalue weighted by Crippen LogP contribution is 2.29. The van der Waals surface area contributed by atoms with Crippen molar-refractivity contribution < 1.29 is 18.4 Å². The highest BCUT2D eigenvalue weighted by Gasteiger charge is 2.28. The second-order valence-electron chi connectivity index (χ2n) is 8.18. The Balaban J connectivity index is 1.77. The molecule has 8 nitrogen and oxygen atoms in total. The van der Waals surface area contributed by atoms with E-state index in [0.717, 1.165) is 44.4 Å². The minimum absolute atomic E-state index is 0.0959. The molecule has 0 spiro atoms. The van der Waals surface area contributed by atoms with E-state index in [-0.39, 0.29) is 23.0 Å². The van der Waals surface area contributed by atoms with Crippen LogP contribution in [-0.2, 0) is 4.79 Å². The van der Waals surface area contributed by atoms with Gasteiger partial charge in [-0.15, -0.1) is 0 Å². The molecule has 3 N–H and O–H groups in total. The molecule has 10 heteroatoms. The number of amides is 2. The van der Waals surface area contributed by atoms with Crippen LogP contribution in [-0.4, -0.2) is 41.1 Å². The second kappa shape index (κ2) is 12.5. The minimum Gasteiger partial charge on any atom is -0.353 e. The van der Waals surface area contributed by atoms with Crippen LogP contribution < -0.4 is 16.0 Å². The SMILES string of the molecule is C=C/C(Nc1cccc(C(=O)N[C@@H](CC2CCCC2)C(=O)Nc2ncncc2F)c1)=C(/F)C=NC. The van der Waals surface area contributed by atoms with Crippen molar-refractivity contribution in [3.8, 4) is 0 Å². The van der Waals surface area contributed by atoms with Gasteiger partial charge in [0.1, 0.15) is 12.4 Å². The van der Waals surface area contributed by atoms with Crippen LogP contribution in [0.3, 0.4) is 0 Å². The number of nitrogens with zero attached hydrogens (tertiary/aromatic N) is 3. The Labute approximate surface area is 202 Å². The van der Waals surface area contributed by atoms with Crippen molar-refractivity contribution in [3.63, 3.8) is 0 Å². The smallest absolute Gasteiger partial charge is 0.252 e. The van der Waals surface area contributed by atoms with E-state index in [0.29, 0.717) is 12.1 Å². The molecule has 35 heavy (non-hydrogen) atoms. The first-order chi connectivity index (χ1) is 16.9. The lowest BCUT2D eigenvalue weighted by molar-refractivity contribution is -0.118. The van der Waals surface area contributed by atoms with Crippen molar-refractivity contribution in [2.45, 2.75) is 38.1 Å². The number of halogens is 2. The number of hydrogen-bond acceptors (Lipinski definition) is 6. The largest absolute Gasteiger partial charge is 0.353 e. The van der Waals surface area contributed by atoms with Crippen molar-refractivity contribution in [2.75, 3.05) is 17.7 Å². The maximum atomic E-state index is 14.1. The van der Waals surface area contributed by atoms with Crippen LogP contribution in [0, 0.1) is 11.7 Å². The van der Waals surface area contributed by atoms with Crippen LogP contribution >= 0.6 is 0 Å². The summed E-state index contributed by atoms with van der Waals surface area (Å²) in [5, 5.41) is 8.07. The average Bonchev–Trinajstić information content (AvgIpc) is 3.37. The number of aliphatic imine (C=N–C) groups is 1. The topological polar surface area (TPSA) is 108 Å². The van der Waals surface area contributed by atoms with E-state index in [4.69, 9.17) is 0 Å². The number of aromatic nitrogens is 2. The van der Waals surface area contributed by atoms with E-state index < -0.39 is 29.5 Å². The number of carbonyl (C=O) groups excluding carboxylic acids is 2. The van der Waals surface area contributed by atoms with E-state index in [1.807, 2.05) is 0 Å². The molecule has 0 radical (unpaired) electrons. The van der Waals surface area contributed by atoms with Crippen molar-refractivity contribution in [2.24, 2.45) is 10.9 Å². The van der Waals surface area contributed by atoms with Gasteiger partial charge in [0.25, 0.3) is 5.91 Å². The first kappa shape index (κ1) is 25.7. The van der Waals surface area contributed by atoms with Gasteiger partial charge >= 0.3 is 0 Å². The Morgan fingerprint density at radius 2 is 2.06 bits per heavy atom. The fourth-order valence-corrected chi connectivity index (χ4v) is 3.95. The molecule has 0 bridgehead atoms. The highest BCUT2D eigenvalue weighted by molar-refractivity contribution is 6.01. The predicted molar refractivity (Wildman–Crippen MR) is 131 cm³/mol. The molecule has 1 fully saturated rings. The average molecular weight is 483 g/mol. The van der Waals surface area contributed by atoms with Crippen LogP contribution in [0.1, 0.15) is 42.5 Å². The molecule has 1 saturated carbocycles. The maximum absolute atomic E-state index is 14.1. The van der Waals surface area contributed by atoms with Gasteiger partial charge in [0.05, 0.1) is 18.1 Å². The Morgan fingerprint density at radius 1 is 1.29 bits per heavy atom. The van der Waals surface area contributed by atoms with E-state index in [2.05, 4.69) is 37.5 Å². The fourth-order valence-electron chi connectivity index (χ4n) is 3.95. The molecule has 1 aromatic carbocycles. The summed E-state index contributed by atoms with van der Waals surface area (Å²) in [7, 11) is 1.45. The zero-order chi connectivity index (χ0) is 25.2. The van der Waals surface area contributed by atoms with Crippen molar-refractivity contribution >= 4 is 29.5 Å². The van der Waals surface area contributed by atoms with Gasteiger partial charge in [-0.25, -0.2) is 18.7 Å². The third-order valence-corrected chi connectivity index (χ3v) is 5.68. The molecule has 1 aliphatic carbocycles. The molecule has 2 aromatic rings. The van der Waals surface area contributed by atoms with Gasteiger partial charge in [-0.2, -0.15) is 0 Å². The molecular weight excluding hydrogens is 454 g/mol.